The Labute approximate surface area is 283 Å². The second kappa shape index (κ2) is 10.6. The third-order valence-electron chi connectivity index (χ3n) is 10.5. The monoisotopic (exact) mass is 627 g/mol. The number of hydrogen-bond donors (Lipinski definition) is 0. The van der Waals surface area contributed by atoms with Crippen molar-refractivity contribution in [3.8, 4) is 27.9 Å². The third-order valence-corrected chi connectivity index (χ3v) is 10.5. The van der Waals surface area contributed by atoms with E-state index in [2.05, 4.69) is 150 Å². The molecule has 3 aliphatic carbocycles. The molecule has 49 heavy (non-hydrogen) atoms. The van der Waals surface area contributed by atoms with Gasteiger partial charge in [0.05, 0.1) is 22.9 Å². The molecular weight excluding hydrogens is 599 g/mol. The highest BCUT2D eigenvalue weighted by molar-refractivity contribution is 6.44. The fraction of sp³-hybridized carbons (Fsp3) is 0.0435. The average molecular weight is 628 g/mol. The number of carbonyl (C=O) groups excluding carboxylic acids is 2. The lowest BCUT2D eigenvalue weighted by molar-refractivity contribution is -0.139. The molecule has 11 rings (SSSR count). The Hall–Kier alpha value is -6.32. The van der Waals surface area contributed by atoms with E-state index < -0.39 is 11.8 Å². The Kier molecular flexibility index (Phi) is 6.00. The molecule has 2 unspecified atom stereocenters. The number of hydrogen-bond acceptors (Lipinski definition) is 2. The highest BCUT2D eigenvalue weighted by Crippen LogP contribution is 2.45. The molecule has 230 valence electrons. The minimum absolute atomic E-state index is 0.299. The minimum Gasteiger partial charge on any atom is -0.309 e. The van der Waals surface area contributed by atoms with Gasteiger partial charge in [0.1, 0.15) is 0 Å². The molecule has 1 aromatic heterocycles. The number of Topliss-reactive ketones (excluding diaryl/α,β-unsaturated/α-hetero) is 2. The number of benzene rings is 7. The smallest absolute Gasteiger partial charge is 0.210 e. The van der Waals surface area contributed by atoms with Crippen LogP contribution in [0.15, 0.2) is 164 Å². The minimum atomic E-state index is -0.481. The van der Waals surface area contributed by atoms with Crippen LogP contribution in [0.25, 0.3) is 76.9 Å². The number of carbonyl (C=O) groups is 2. The number of nitrogens with zero attached hydrogens (tertiary/aromatic N) is 1. The van der Waals surface area contributed by atoms with Crippen molar-refractivity contribution in [1.82, 2.24) is 4.57 Å². The van der Waals surface area contributed by atoms with Crippen LogP contribution < -0.4 is 0 Å². The topological polar surface area (TPSA) is 39.1 Å². The van der Waals surface area contributed by atoms with Crippen LogP contribution >= 0.6 is 0 Å². The number of allylic oxidation sites excluding steroid dienone is 4. The van der Waals surface area contributed by atoms with Crippen molar-refractivity contribution >= 4 is 60.5 Å². The van der Waals surface area contributed by atoms with Crippen LogP contribution in [0.3, 0.4) is 0 Å². The summed E-state index contributed by atoms with van der Waals surface area (Å²) in [5, 5.41) is 7.29. The zero-order chi connectivity index (χ0) is 32.6. The molecule has 7 aromatic carbocycles. The summed E-state index contributed by atoms with van der Waals surface area (Å²) in [6, 6.07) is 52.1. The van der Waals surface area contributed by atoms with E-state index in [1.54, 1.807) is 0 Å². The van der Waals surface area contributed by atoms with Crippen LogP contribution in [-0.2, 0) is 9.59 Å². The van der Waals surface area contributed by atoms with E-state index in [-0.39, 0.29) is 11.6 Å². The first kappa shape index (κ1) is 27.8. The van der Waals surface area contributed by atoms with Crippen molar-refractivity contribution < 1.29 is 9.59 Å². The normalized spacial score (nSPS) is 17.1. The molecular formula is C46H29NO2. The van der Waals surface area contributed by atoms with Gasteiger partial charge < -0.3 is 4.57 Å². The van der Waals surface area contributed by atoms with Gasteiger partial charge in [-0.2, -0.15) is 0 Å². The van der Waals surface area contributed by atoms with E-state index in [1.807, 2.05) is 18.2 Å². The number of fused-ring (bicyclic) bond motifs is 6. The van der Waals surface area contributed by atoms with Gasteiger partial charge in [-0.1, -0.05) is 140 Å². The SMILES string of the molecule is O=C1C(=O)C2C=CC1C=C2c1ccc(-c2c3ccccc3c(-c3ccc(-n4c5ccccc5c5ccccc54)cc3)c3ccccc23)cc1. The number of ketones is 2. The molecule has 1 heterocycles. The lowest BCUT2D eigenvalue weighted by atomic mass is 9.72. The summed E-state index contributed by atoms with van der Waals surface area (Å²) in [6.45, 7) is 0. The molecule has 0 saturated heterocycles. The molecule has 0 radical (unpaired) electrons. The van der Waals surface area contributed by atoms with Gasteiger partial charge in [-0.25, -0.2) is 0 Å². The van der Waals surface area contributed by atoms with Gasteiger partial charge in [0, 0.05) is 16.5 Å². The van der Waals surface area contributed by atoms with Crippen LogP contribution in [-0.4, -0.2) is 16.1 Å². The number of aromatic nitrogens is 1. The van der Waals surface area contributed by atoms with Crippen molar-refractivity contribution in [2.24, 2.45) is 11.8 Å². The van der Waals surface area contributed by atoms with Crippen molar-refractivity contribution in [2.45, 2.75) is 0 Å². The van der Waals surface area contributed by atoms with E-state index in [9.17, 15) is 9.59 Å². The molecule has 3 nitrogen and oxygen atoms in total. The van der Waals surface area contributed by atoms with Gasteiger partial charge in [0.25, 0.3) is 0 Å². The van der Waals surface area contributed by atoms with Gasteiger partial charge in [-0.15, -0.1) is 0 Å². The van der Waals surface area contributed by atoms with Crippen LogP contribution in [0.4, 0.5) is 0 Å². The largest absolute Gasteiger partial charge is 0.309 e. The fourth-order valence-electron chi connectivity index (χ4n) is 8.23. The molecule has 3 heteroatoms. The quantitative estimate of drug-likeness (QED) is 0.111. The Morgan fingerprint density at radius 1 is 0.408 bits per heavy atom. The Morgan fingerprint density at radius 3 is 1.33 bits per heavy atom. The van der Waals surface area contributed by atoms with Crippen LogP contribution in [0.5, 0.6) is 0 Å². The third kappa shape index (κ3) is 4.09. The predicted molar refractivity (Wildman–Crippen MR) is 201 cm³/mol. The Morgan fingerprint density at radius 2 is 0.837 bits per heavy atom. The molecule has 8 aromatic rings. The van der Waals surface area contributed by atoms with E-state index in [0.29, 0.717) is 0 Å². The van der Waals surface area contributed by atoms with Gasteiger partial charge >= 0.3 is 0 Å². The zero-order valence-corrected chi connectivity index (χ0v) is 26.5. The summed E-state index contributed by atoms with van der Waals surface area (Å²) in [6.07, 6.45) is 5.69. The molecule has 2 bridgehead atoms. The maximum Gasteiger partial charge on any atom is 0.210 e. The van der Waals surface area contributed by atoms with Crippen molar-refractivity contribution in [2.75, 3.05) is 0 Å². The van der Waals surface area contributed by atoms with Crippen molar-refractivity contribution in [1.29, 1.82) is 0 Å². The van der Waals surface area contributed by atoms with Crippen LogP contribution in [0.2, 0.25) is 0 Å². The standard InChI is InChI=1S/C46H29NO2/c48-45-31-23-26-39(46(45)49)40(27-31)28-17-19-29(20-18-28)43-35-11-1-3-13-37(35)44(38-14-4-2-12-36(38)43)30-21-24-32(25-22-30)47-41-15-7-5-9-33(41)34-10-6-8-16-42(34)47/h1-27,31,39H. The summed E-state index contributed by atoms with van der Waals surface area (Å²) >= 11 is 0. The molecule has 3 aliphatic rings. The summed E-state index contributed by atoms with van der Waals surface area (Å²) in [4.78, 5) is 24.9. The summed E-state index contributed by atoms with van der Waals surface area (Å²) < 4.78 is 2.36. The second-order valence-electron chi connectivity index (χ2n) is 13.1. The Bertz CT molecular complexity index is 2630. The molecule has 0 saturated carbocycles. The van der Waals surface area contributed by atoms with Gasteiger partial charge in [-0.3, -0.25) is 9.59 Å². The summed E-state index contributed by atoms with van der Waals surface area (Å²) in [5.41, 5.74) is 10.1. The second-order valence-corrected chi connectivity index (χ2v) is 13.1. The number of rotatable bonds is 4. The molecule has 2 atom stereocenters. The van der Waals surface area contributed by atoms with Crippen LogP contribution in [0, 0.1) is 11.8 Å². The van der Waals surface area contributed by atoms with E-state index in [1.165, 1.54) is 60.0 Å². The lowest BCUT2D eigenvalue weighted by Gasteiger charge is -2.28. The Balaban J connectivity index is 1.11. The van der Waals surface area contributed by atoms with Crippen molar-refractivity contribution in [3.05, 3.63) is 169 Å². The summed E-state index contributed by atoms with van der Waals surface area (Å²) in [5.74, 6) is -1.52. The maximum absolute atomic E-state index is 12.6. The van der Waals surface area contributed by atoms with Gasteiger partial charge in [-0.05, 0) is 79.2 Å². The fourth-order valence-corrected chi connectivity index (χ4v) is 8.23. The zero-order valence-electron chi connectivity index (χ0n) is 26.5. The van der Waals surface area contributed by atoms with E-state index in [0.717, 1.165) is 22.4 Å². The summed E-state index contributed by atoms with van der Waals surface area (Å²) in [7, 11) is 0. The molecule has 0 N–H and O–H groups in total. The molecule has 0 fully saturated rings. The van der Waals surface area contributed by atoms with E-state index in [4.69, 9.17) is 0 Å². The highest BCUT2D eigenvalue weighted by Gasteiger charge is 2.39. The number of para-hydroxylation sites is 2. The molecule has 0 amide bonds. The maximum atomic E-state index is 12.6. The van der Waals surface area contributed by atoms with Crippen LogP contribution in [0.1, 0.15) is 5.56 Å². The van der Waals surface area contributed by atoms with Gasteiger partial charge in [0.15, 0.2) is 0 Å². The highest BCUT2D eigenvalue weighted by atomic mass is 16.2. The average Bonchev–Trinajstić information content (AvgIpc) is 3.50. The van der Waals surface area contributed by atoms with Gasteiger partial charge in [0.2, 0.25) is 11.6 Å². The first-order chi connectivity index (χ1) is 24.2. The first-order valence-corrected chi connectivity index (χ1v) is 16.8. The first-order valence-electron chi connectivity index (χ1n) is 16.8. The lowest BCUT2D eigenvalue weighted by Crippen LogP contribution is -2.36. The van der Waals surface area contributed by atoms with E-state index >= 15 is 0 Å². The molecule has 0 spiro atoms. The van der Waals surface area contributed by atoms with Crippen molar-refractivity contribution in [3.63, 3.8) is 0 Å². The predicted octanol–water partition coefficient (Wildman–Crippen LogP) is 10.8. The molecule has 0 aliphatic heterocycles.